The monoisotopic (exact) mass is 182 g/mol. The lowest BCUT2D eigenvalue weighted by molar-refractivity contribution is 0.380. The lowest BCUT2D eigenvalue weighted by atomic mass is 9.98. The number of H-pyrrole nitrogens is 1. The molecule has 1 fully saturated rings. The molecule has 1 unspecified atom stereocenters. The van der Waals surface area contributed by atoms with Crippen LogP contribution in [0.5, 0.6) is 0 Å². The number of aryl methyl sites for hydroxylation is 1. The second-order valence-electron chi connectivity index (χ2n) is 3.51. The van der Waals surface area contributed by atoms with Crippen LogP contribution in [0.3, 0.4) is 0 Å². The summed E-state index contributed by atoms with van der Waals surface area (Å²) in [6.07, 6.45) is 3.41. The highest BCUT2D eigenvalue weighted by atomic mass is 16.5. The molecule has 4 nitrogen and oxygen atoms in total. The third kappa shape index (κ3) is 1.54. The standard InChI is InChI=1S/C9H14N2O2/c1-6-8(9(12)11-13-6)7-4-2-3-5-10-7/h7,10H,2-5H2,1H3,(H,11,12). The van der Waals surface area contributed by atoms with Gasteiger partial charge in [0.25, 0.3) is 5.56 Å². The molecule has 0 spiro atoms. The van der Waals surface area contributed by atoms with E-state index in [2.05, 4.69) is 10.5 Å². The predicted molar refractivity (Wildman–Crippen MR) is 48.7 cm³/mol. The van der Waals surface area contributed by atoms with Gasteiger partial charge in [-0.1, -0.05) is 6.42 Å². The molecule has 0 radical (unpaired) electrons. The zero-order chi connectivity index (χ0) is 9.26. The number of piperidine rings is 1. The predicted octanol–water partition coefficient (Wildman–Crippen LogP) is 1.09. The molecule has 13 heavy (non-hydrogen) atoms. The van der Waals surface area contributed by atoms with Crippen molar-refractivity contribution in [1.82, 2.24) is 10.5 Å². The van der Waals surface area contributed by atoms with Crippen molar-refractivity contribution in [3.63, 3.8) is 0 Å². The molecule has 1 aliphatic heterocycles. The average Bonchev–Trinajstić information content (AvgIpc) is 2.48. The molecule has 1 saturated heterocycles. The maximum absolute atomic E-state index is 11.3. The molecule has 1 aromatic rings. The first-order valence-corrected chi connectivity index (χ1v) is 4.70. The van der Waals surface area contributed by atoms with Crippen LogP contribution in [0.25, 0.3) is 0 Å². The van der Waals surface area contributed by atoms with Gasteiger partial charge in [0.2, 0.25) is 0 Å². The highest BCUT2D eigenvalue weighted by Gasteiger charge is 2.21. The summed E-state index contributed by atoms with van der Waals surface area (Å²) in [5, 5.41) is 5.69. The van der Waals surface area contributed by atoms with E-state index in [-0.39, 0.29) is 11.6 Å². The molecule has 1 aromatic heterocycles. The first-order valence-electron chi connectivity index (χ1n) is 4.70. The topological polar surface area (TPSA) is 58.0 Å². The molecule has 1 aliphatic rings. The lowest BCUT2D eigenvalue weighted by Gasteiger charge is -2.21. The van der Waals surface area contributed by atoms with Crippen molar-refractivity contribution >= 4 is 0 Å². The number of rotatable bonds is 1. The van der Waals surface area contributed by atoms with E-state index in [0.29, 0.717) is 5.76 Å². The Morgan fingerprint density at radius 3 is 2.85 bits per heavy atom. The quantitative estimate of drug-likeness (QED) is 0.683. The van der Waals surface area contributed by atoms with Gasteiger partial charge in [-0.25, -0.2) is 0 Å². The molecule has 0 saturated carbocycles. The van der Waals surface area contributed by atoms with Gasteiger partial charge in [0.15, 0.2) is 0 Å². The van der Waals surface area contributed by atoms with Gasteiger partial charge in [0.05, 0.1) is 5.56 Å². The van der Waals surface area contributed by atoms with Crippen molar-refractivity contribution in [3.05, 3.63) is 21.7 Å². The normalized spacial score (nSPS) is 23.3. The van der Waals surface area contributed by atoms with E-state index >= 15 is 0 Å². The van der Waals surface area contributed by atoms with Crippen LogP contribution in [-0.4, -0.2) is 11.7 Å². The van der Waals surface area contributed by atoms with E-state index in [1.807, 2.05) is 6.92 Å². The fraction of sp³-hybridized carbons (Fsp3) is 0.667. The van der Waals surface area contributed by atoms with Crippen LogP contribution in [0.4, 0.5) is 0 Å². The van der Waals surface area contributed by atoms with Crippen molar-refractivity contribution < 1.29 is 4.52 Å². The van der Waals surface area contributed by atoms with Crippen LogP contribution in [0.1, 0.15) is 36.6 Å². The second-order valence-corrected chi connectivity index (χ2v) is 3.51. The number of nitrogens with one attached hydrogen (secondary N) is 2. The molecule has 2 rings (SSSR count). The Balaban J connectivity index is 2.27. The van der Waals surface area contributed by atoms with Crippen molar-refractivity contribution in [2.24, 2.45) is 0 Å². The van der Waals surface area contributed by atoms with E-state index in [4.69, 9.17) is 4.52 Å². The Morgan fingerprint density at radius 1 is 1.46 bits per heavy atom. The van der Waals surface area contributed by atoms with Crippen LogP contribution in [0.2, 0.25) is 0 Å². The van der Waals surface area contributed by atoms with Crippen LogP contribution in [0, 0.1) is 6.92 Å². The number of aromatic nitrogens is 1. The minimum Gasteiger partial charge on any atom is -0.383 e. The molecule has 72 valence electrons. The van der Waals surface area contributed by atoms with Crippen LogP contribution in [0.15, 0.2) is 9.32 Å². The molecule has 2 N–H and O–H groups in total. The summed E-state index contributed by atoms with van der Waals surface area (Å²) in [7, 11) is 0. The van der Waals surface area contributed by atoms with Crippen molar-refractivity contribution in [3.8, 4) is 0 Å². The minimum absolute atomic E-state index is 0.0862. The maximum atomic E-state index is 11.3. The third-order valence-electron chi connectivity index (χ3n) is 2.58. The summed E-state index contributed by atoms with van der Waals surface area (Å²) in [5.74, 6) is 0.712. The Bertz CT molecular complexity index is 334. The van der Waals surface area contributed by atoms with Gasteiger partial charge in [0, 0.05) is 6.04 Å². The molecule has 0 aliphatic carbocycles. The first kappa shape index (κ1) is 8.56. The highest BCUT2D eigenvalue weighted by molar-refractivity contribution is 5.17. The molecule has 0 amide bonds. The summed E-state index contributed by atoms with van der Waals surface area (Å²) in [6.45, 7) is 2.82. The zero-order valence-corrected chi connectivity index (χ0v) is 7.72. The molecular weight excluding hydrogens is 168 g/mol. The zero-order valence-electron chi connectivity index (χ0n) is 7.72. The van der Waals surface area contributed by atoms with Gasteiger partial charge in [-0.3, -0.25) is 4.79 Å². The molecule has 4 heteroatoms. The van der Waals surface area contributed by atoms with Crippen LogP contribution < -0.4 is 10.9 Å². The van der Waals surface area contributed by atoms with Crippen molar-refractivity contribution in [2.75, 3.05) is 6.54 Å². The summed E-state index contributed by atoms with van der Waals surface area (Å²) in [6, 6.07) is 0.191. The summed E-state index contributed by atoms with van der Waals surface area (Å²) in [5.41, 5.74) is 0.691. The fourth-order valence-electron chi connectivity index (χ4n) is 1.89. The van der Waals surface area contributed by atoms with E-state index in [1.54, 1.807) is 0 Å². The smallest absolute Gasteiger partial charge is 0.284 e. The highest BCUT2D eigenvalue weighted by Crippen LogP contribution is 2.22. The summed E-state index contributed by atoms with van der Waals surface area (Å²) < 4.78 is 4.97. The molecule has 0 bridgehead atoms. The Morgan fingerprint density at radius 2 is 2.31 bits per heavy atom. The van der Waals surface area contributed by atoms with E-state index in [1.165, 1.54) is 12.8 Å². The third-order valence-corrected chi connectivity index (χ3v) is 2.58. The molecule has 0 aromatic carbocycles. The largest absolute Gasteiger partial charge is 0.383 e. The van der Waals surface area contributed by atoms with E-state index < -0.39 is 0 Å². The lowest BCUT2D eigenvalue weighted by Crippen LogP contribution is -2.30. The molecular formula is C9H14N2O2. The average molecular weight is 182 g/mol. The molecule has 1 atom stereocenters. The minimum atomic E-state index is -0.0862. The number of hydrogen-bond acceptors (Lipinski definition) is 3. The van der Waals surface area contributed by atoms with Crippen molar-refractivity contribution in [2.45, 2.75) is 32.2 Å². The Kier molecular flexibility index (Phi) is 2.22. The maximum Gasteiger partial charge on any atom is 0.284 e. The van der Waals surface area contributed by atoms with Crippen LogP contribution in [-0.2, 0) is 0 Å². The fourth-order valence-corrected chi connectivity index (χ4v) is 1.89. The Labute approximate surface area is 76.3 Å². The number of hydrogen-bond donors (Lipinski definition) is 2. The first-order chi connectivity index (χ1) is 6.29. The summed E-state index contributed by atoms with van der Waals surface area (Å²) in [4.78, 5) is 11.3. The SMILES string of the molecule is Cc1o[nH]c(=O)c1C1CCCCN1. The van der Waals surface area contributed by atoms with Gasteiger partial charge in [0.1, 0.15) is 5.76 Å². The van der Waals surface area contributed by atoms with Gasteiger partial charge in [-0.2, -0.15) is 5.16 Å². The van der Waals surface area contributed by atoms with Gasteiger partial charge in [-0.15, -0.1) is 0 Å². The summed E-state index contributed by atoms with van der Waals surface area (Å²) >= 11 is 0. The van der Waals surface area contributed by atoms with Gasteiger partial charge >= 0.3 is 0 Å². The number of aromatic amines is 1. The van der Waals surface area contributed by atoms with Crippen LogP contribution >= 0.6 is 0 Å². The second kappa shape index (κ2) is 3.38. The van der Waals surface area contributed by atoms with Crippen molar-refractivity contribution in [1.29, 1.82) is 0 Å². The molecule has 2 heterocycles. The Hall–Kier alpha value is -1.03. The van der Waals surface area contributed by atoms with Gasteiger partial charge < -0.3 is 9.84 Å². The van der Waals surface area contributed by atoms with Gasteiger partial charge in [-0.05, 0) is 26.3 Å². The van der Waals surface area contributed by atoms with E-state index in [9.17, 15) is 4.79 Å². The van der Waals surface area contributed by atoms with E-state index in [0.717, 1.165) is 18.5 Å².